The Balaban J connectivity index is 1.61. The van der Waals surface area contributed by atoms with E-state index < -0.39 is 0 Å². The van der Waals surface area contributed by atoms with Crippen LogP contribution in [-0.2, 0) is 13.1 Å². The third kappa shape index (κ3) is 2.69. The van der Waals surface area contributed by atoms with Gasteiger partial charge in [0, 0.05) is 42.5 Å². The molecular weight excluding hydrogens is 316 g/mol. The summed E-state index contributed by atoms with van der Waals surface area (Å²) < 4.78 is 1.28. The number of aromatic amines is 2. The van der Waals surface area contributed by atoms with Crippen molar-refractivity contribution in [3.05, 3.63) is 69.9 Å². The van der Waals surface area contributed by atoms with E-state index in [4.69, 9.17) is 5.26 Å². The molecule has 0 spiro atoms. The molecule has 25 heavy (non-hydrogen) atoms. The minimum absolute atomic E-state index is 0.220. The van der Waals surface area contributed by atoms with Crippen LogP contribution in [0, 0.1) is 11.3 Å². The summed E-state index contributed by atoms with van der Waals surface area (Å²) in [6.45, 7) is 1.25. The van der Waals surface area contributed by atoms with Crippen LogP contribution in [0.25, 0.3) is 16.6 Å². The van der Waals surface area contributed by atoms with Crippen LogP contribution in [0.2, 0.25) is 0 Å². The number of hydrogen-bond donors (Lipinski definition) is 2. The zero-order valence-corrected chi connectivity index (χ0v) is 13.7. The number of aromatic nitrogens is 4. The van der Waals surface area contributed by atoms with Crippen molar-refractivity contribution < 1.29 is 0 Å². The maximum atomic E-state index is 12.2. The fraction of sp³-hybridized carbons (Fsp3) is 0.167. The third-order valence-corrected chi connectivity index (χ3v) is 4.23. The van der Waals surface area contributed by atoms with Gasteiger partial charge in [0.25, 0.3) is 5.56 Å². The molecule has 7 nitrogen and oxygen atoms in total. The van der Waals surface area contributed by atoms with Crippen LogP contribution in [0.4, 0.5) is 0 Å². The predicted molar refractivity (Wildman–Crippen MR) is 94.0 cm³/mol. The lowest BCUT2D eigenvalue weighted by Crippen LogP contribution is -2.22. The summed E-state index contributed by atoms with van der Waals surface area (Å²) in [5, 5.41) is 13.1. The third-order valence-electron chi connectivity index (χ3n) is 4.23. The fourth-order valence-electron chi connectivity index (χ4n) is 3.10. The Morgan fingerprint density at radius 2 is 2.20 bits per heavy atom. The van der Waals surface area contributed by atoms with Crippen LogP contribution in [-0.4, -0.2) is 31.5 Å². The molecule has 0 fully saturated rings. The van der Waals surface area contributed by atoms with Crippen LogP contribution in [0.5, 0.6) is 0 Å². The normalized spacial score (nSPS) is 11.4. The molecule has 0 amide bonds. The molecule has 0 bridgehead atoms. The van der Waals surface area contributed by atoms with Crippen LogP contribution in [0.3, 0.4) is 0 Å². The van der Waals surface area contributed by atoms with Crippen molar-refractivity contribution in [1.82, 2.24) is 24.5 Å². The van der Waals surface area contributed by atoms with Crippen molar-refractivity contribution in [1.29, 1.82) is 5.26 Å². The Hall–Kier alpha value is -3.37. The minimum Gasteiger partial charge on any atom is -0.361 e. The summed E-state index contributed by atoms with van der Waals surface area (Å²) in [6.07, 6.45) is 3.42. The topological polar surface area (TPSA) is 93.0 Å². The van der Waals surface area contributed by atoms with E-state index in [9.17, 15) is 4.79 Å². The highest BCUT2D eigenvalue weighted by Gasteiger charge is 2.11. The van der Waals surface area contributed by atoms with Crippen molar-refractivity contribution in [2.75, 3.05) is 7.05 Å². The Morgan fingerprint density at radius 3 is 3.04 bits per heavy atom. The number of benzene rings is 1. The lowest BCUT2D eigenvalue weighted by molar-refractivity contribution is 0.316. The van der Waals surface area contributed by atoms with Gasteiger partial charge >= 0.3 is 0 Å². The zero-order chi connectivity index (χ0) is 17.4. The molecule has 0 aliphatic heterocycles. The summed E-state index contributed by atoms with van der Waals surface area (Å²) >= 11 is 0. The molecule has 0 aliphatic carbocycles. The second-order valence-corrected chi connectivity index (χ2v) is 6.07. The Morgan fingerprint density at radius 1 is 1.32 bits per heavy atom. The van der Waals surface area contributed by atoms with Crippen molar-refractivity contribution in [2.45, 2.75) is 13.1 Å². The van der Waals surface area contributed by atoms with Gasteiger partial charge in [-0.2, -0.15) is 5.26 Å². The van der Waals surface area contributed by atoms with Gasteiger partial charge in [-0.15, -0.1) is 0 Å². The van der Waals surface area contributed by atoms with E-state index in [1.54, 1.807) is 0 Å². The monoisotopic (exact) mass is 332 g/mol. The summed E-state index contributed by atoms with van der Waals surface area (Å²) in [5.74, 6) is 0. The second kappa shape index (κ2) is 5.92. The zero-order valence-electron chi connectivity index (χ0n) is 13.7. The standard InChI is InChI=1S/C18H16N6O/c1-23(10-12-3-2-4-16-15(12)5-6-20-16)11-14-7-17(25)24-18(22-14)13(8-19)9-21-24/h2-7,9,20-21H,10-11H2,1H3. The van der Waals surface area contributed by atoms with Gasteiger partial charge in [0.1, 0.15) is 11.6 Å². The molecule has 2 N–H and O–H groups in total. The molecule has 0 atom stereocenters. The second-order valence-electron chi connectivity index (χ2n) is 6.07. The van der Waals surface area contributed by atoms with E-state index in [-0.39, 0.29) is 5.56 Å². The van der Waals surface area contributed by atoms with Crippen molar-refractivity contribution >= 4 is 16.6 Å². The summed E-state index contributed by atoms with van der Waals surface area (Å²) in [4.78, 5) is 21.9. The molecule has 7 heteroatoms. The lowest BCUT2D eigenvalue weighted by Gasteiger charge is -2.17. The van der Waals surface area contributed by atoms with E-state index in [1.165, 1.54) is 27.7 Å². The first-order chi connectivity index (χ1) is 12.2. The Labute approximate surface area is 143 Å². The predicted octanol–water partition coefficient (Wildman–Crippen LogP) is 2.01. The maximum Gasteiger partial charge on any atom is 0.272 e. The molecule has 3 heterocycles. The number of nitrogens with zero attached hydrogens (tertiary/aromatic N) is 4. The molecule has 0 radical (unpaired) electrons. The molecule has 1 aromatic carbocycles. The molecule has 0 aliphatic rings. The van der Waals surface area contributed by atoms with Gasteiger partial charge in [0.2, 0.25) is 0 Å². The molecule has 124 valence electrons. The van der Waals surface area contributed by atoms with E-state index in [0.29, 0.717) is 23.4 Å². The molecule has 3 aromatic heterocycles. The average Bonchev–Trinajstić information content (AvgIpc) is 3.21. The SMILES string of the molecule is CN(Cc1cc(=O)n2[nH]cc(C#N)c2n1)Cc1cccc2[nH]ccc12. The molecule has 0 unspecified atom stereocenters. The summed E-state index contributed by atoms with van der Waals surface area (Å²) in [5.41, 5.74) is 3.46. The first-order valence-corrected chi connectivity index (χ1v) is 7.89. The first-order valence-electron chi connectivity index (χ1n) is 7.89. The highest BCUT2D eigenvalue weighted by atomic mass is 16.1. The Kier molecular flexibility index (Phi) is 3.60. The van der Waals surface area contributed by atoms with Gasteiger partial charge in [-0.25, -0.2) is 9.50 Å². The van der Waals surface area contributed by atoms with E-state index in [1.807, 2.05) is 31.4 Å². The number of nitriles is 1. The minimum atomic E-state index is -0.220. The van der Waals surface area contributed by atoms with E-state index in [0.717, 1.165) is 12.1 Å². The molecule has 0 saturated heterocycles. The molecule has 0 saturated carbocycles. The van der Waals surface area contributed by atoms with Gasteiger partial charge in [-0.1, -0.05) is 12.1 Å². The summed E-state index contributed by atoms with van der Waals surface area (Å²) in [7, 11) is 1.98. The highest BCUT2D eigenvalue weighted by Crippen LogP contribution is 2.19. The Bertz CT molecular complexity index is 1160. The number of hydrogen-bond acceptors (Lipinski definition) is 4. The first kappa shape index (κ1) is 15.2. The lowest BCUT2D eigenvalue weighted by atomic mass is 10.1. The quantitative estimate of drug-likeness (QED) is 0.598. The van der Waals surface area contributed by atoms with Crippen LogP contribution < -0.4 is 5.56 Å². The molecule has 4 rings (SSSR count). The van der Waals surface area contributed by atoms with Gasteiger partial charge in [0.05, 0.1) is 5.69 Å². The number of nitrogens with one attached hydrogen (secondary N) is 2. The smallest absolute Gasteiger partial charge is 0.272 e. The van der Waals surface area contributed by atoms with Gasteiger partial charge < -0.3 is 4.98 Å². The number of H-pyrrole nitrogens is 2. The van der Waals surface area contributed by atoms with Gasteiger partial charge in [0.15, 0.2) is 5.65 Å². The fourth-order valence-corrected chi connectivity index (χ4v) is 3.10. The molecular formula is C18H16N6O. The van der Waals surface area contributed by atoms with Crippen molar-refractivity contribution in [3.63, 3.8) is 0 Å². The average molecular weight is 332 g/mol. The molecule has 4 aromatic rings. The van der Waals surface area contributed by atoms with Crippen LogP contribution in [0.15, 0.2) is 47.5 Å². The van der Waals surface area contributed by atoms with Crippen molar-refractivity contribution in [2.24, 2.45) is 0 Å². The number of fused-ring (bicyclic) bond motifs is 2. The van der Waals surface area contributed by atoms with Crippen LogP contribution in [0.1, 0.15) is 16.8 Å². The maximum absolute atomic E-state index is 12.2. The van der Waals surface area contributed by atoms with Gasteiger partial charge in [-0.3, -0.25) is 14.8 Å². The largest absolute Gasteiger partial charge is 0.361 e. The van der Waals surface area contributed by atoms with Crippen LogP contribution >= 0.6 is 0 Å². The number of rotatable bonds is 4. The highest BCUT2D eigenvalue weighted by molar-refractivity contribution is 5.82. The van der Waals surface area contributed by atoms with E-state index in [2.05, 4.69) is 32.1 Å². The van der Waals surface area contributed by atoms with E-state index >= 15 is 0 Å². The van der Waals surface area contributed by atoms with Crippen molar-refractivity contribution in [3.8, 4) is 6.07 Å². The van der Waals surface area contributed by atoms with Gasteiger partial charge in [-0.05, 0) is 24.7 Å². The summed E-state index contributed by atoms with van der Waals surface area (Å²) in [6, 6.07) is 11.8.